The van der Waals surface area contributed by atoms with E-state index in [4.69, 9.17) is 0 Å². The molecule has 1 aliphatic carbocycles. The highest BCUT2D eigenvalue weighted by Gasteiger charge is 2.34. The molecule has 3 aromatic rings. The van der Waals surface area contributed by atoms with Crippen molar-refractivity contribution in [3.63, 3.8) is 0 Å². The lowest BCUT2D eigenvalue weighted by atomic mass is 9.69. The third kappa shape index (κ3) is 3.18. The van der Waals surface area contributed by atoms with Gasteiger partial charge >= 0.3 is 0 Å². The average Bonchev–Trinajstić information content (AvgIpc) is 2.69. The second kappa shape index (κ2) is 6.90. The summed E-state index contributed by atoms with van der Waals surface area (Å²) in [6, 6.07) is 31.3. The van der Waals surface area contributed by atoms with Crippen LogP contribution in [0.4, 0.5) is 0 Å². The van der Waals surface area contributed by atoms with E-state index in [0.717, 1.165) is 11.1 Å². The van der Waals surface area contributed by atoms with Crippen LogP contribution in [0.3, 0.4) is 0 Å². The van der Waals surface area contributed by atoms with E-state index in [1.165, 1.54) is 11.1 Å². The van der Waals surface area contributed by atoms with Gasteiger partial charge in [0.15, 0.2) is 5.78 Å². The lowest BCUT2D eigenvalue weighted by Gasteiger charge is -2.33. The molecule has 0 amide bonds. The van der Waals surface area contributed by atoms with E-state index in [2.05, 4.69) is 60.7 Å². The number of benzene rings is 3. The van der Waals surface area contributed by atoms with Gasteiger partial charge in [-0.05, 0) is 28.3 Å². The summed E-state index contributed by atoms with van der Waals surface area (Å²) in [5.74, 6) is 0.555. The first-order chi connectivity index (χ1) is 12.3. The van der Waals surface area contributed by atoms with E-state index < -0.39 is 0 Å². The first-order valence-electron chi connectivity index (χ1n) is 8.72. The van der Waals surface area contributed by atoms with Gasteiger partial charge < -0.3 is 0 Å². The number of hydrogen-bond donors (Lipinski definition) is 0. The van der Waals surface area contributed by atoms with Crippen molar-refractivity contribution in [3.05, 3.63) is 114 Å². The topological polar surface area (TPSA) is 17.1 Å². The van der Waals surface area contributed by atoms with E-state index in [0.29, 0.717) is 6.42 Å². The fourth-order valence-electron chi connectivity index (χ4n) is 3.85. The maximum atomic E-state index is 12.5. The second-order valence-electron chi connectivity index (χ2n) is 6.54. The van der Waals surface area contributed by atoms with Crippen LogP contribution in [0, 0.1) is 0 Å². The average molecular weight is 324 g/mol. The van der Waals surface area contributed by atoms with Gasteiger partial charge in [0, 0.05) is 18.3 Å². The Balaban J connectivity index is 1.88. The molecule has 1 heteroatoms. The molecule has 0 saturated carbocycles. The summed E-state index contributed by atoms with van der Waals surface area (Å²) in [5.41, 5.74) is 4.74. The molecule has 0 fully saturated rings. The van der Waals surface area contributed by atoms with E-state index in [-0.39, 0.29) is 17.6 Å². The predicted molar refractivity (Wildman–Crippen MR) is 102 cm³/mol. The molecule has 25 heavy (non-hydrogen) atoms. The summed E-state index contributed by atoms with van der Waals surface area (Å²) in [5, 5.41) is 0. The molecule has 122 valence electrons. The van der Waals surface area contributed by atoms with Crippen LogP contribution in [-0.2, 0) is 4.79 Å². The molecular weight excluding hydrogens is 304 g/mol. The van der Waals surface area contributed by atoms with Crippen LogP contribution >= 0.6 is 0 Å². The Bertz CT molecular complexity index is 879. The Labute approximate surface area is 148 Å². The second-order valence-corrected chi connectivity index (χ2v) is 6.54. The van der Waals surface area contributed by atoms with Crippen molar-refractivity contribution in [3.8, 4) is 0 Å². The molecule has 0 aromatic heterocycles. The van der Waals surface area contributed by atoms with Gasteiger partial charge in [-0.25, -0.2) is 0 Å². The summed E-state index contributed by atoms with van der Waals surface area (Å²) in [6.07, 6.45) is 2.41. The third-order valence-corrected chi connectivity index (χ3v) is 4.97. The van der Waals surface area contributed by atoms with Crippen LogP contribution in [-0.4, -0.2) is 5.78 Å². The van der Waals surface area contributed by atoms with Crippen molar-refractivity contribution in [2.75, 3.05) is 0 Å². The standard InChI is InChI=1S/C24H20O/c25-21-16-22(18-10-4-1-5-11-18)24(20-14-8-3-9-15-20)23(17-21)19-12-6-2-7-13-19/h1-16,23-24H,17H2/t23-,24-/m0/s1. The molecule has 2 atom stereocenters. The van der Waals surface area contributed by atoms with Gasteiger partial charge in [-0.2, -0.15) is 0 Å². The molecule has 1 aliphatic rings. The minimum absolute atomic E-state index is 0.163. The number of carbonyl (C=O) groups excluding carboxylic acids is 1. The third-order valence-electron chi connectivity index (χ3n) is 4.97. The highest BCUT2D eigenvalue weighted by Crippen LogP contribution is 2.47. The summed E-state index contributed by atoms with van der Waals surface area (Å²) >= 11 is 0. The van der Waals surface area contributed by atoms with Crippen molar-refractivity contribution < 1.29 is 4.79 Å². The van der Waals surface area contributed by atoms with Crippen molar-refractivity contribution >= 4 is 11.4 Å². The number of hydrogen-bond acceptors (Lipinski definition) is 1. The number of ketones is 1. The number of allylic oxidation sites excluding steroid dienone is 2. The Morgan fingerprint density at radius 1 is 0.640 bits per heavy atom. The lowest BCUT2D eigenvalue weighted by Crippen LogP contribution is -2.21. The van der Waals surface area contributed by atoms with Gasteiger partial charge in [0.2, 0.25) is 0 Å². The van der Waals surface area contributed by atoms with Gasteiger partial charge in [-0.3, -0.25) is 4.79 Å². The van der Waals surface area contributed by atoms with Gasteiger partial charge in [0.1, 0.15) is 0 Å². The van der Waals surface area contributed by atoms with Crippen LogP contribution in [0.2, 0.25) is 0 Å². The molecule has 0 heterocycles. The number of rotatable bonds is 3. The fourth-order valence-corrected chi connectivity index (χ4v) is 3.85. The van der Waals surface area contributed by atoms with Crippen LogP contribution in [0.25, 0.3) is 5.57 Å². The zero-order valence-electron chi connectivity index (χ0n) is 14.0. The zero-order valence-corrected chi connectivity index (χ0v) is 14.0. The minimum Gasteiger partial charge on any atom is -0.295 e. The highest BCUT2D eigenvalue weighted by atomic mass is 16.1. The monoisotopic (exact) mass is 324 g/mol. The van der Waals surface area contributed by atoms with Crippen molar-refractivity contribution in [2.24, 2.45) is 0 Å². The van der Waals surface area contributed by atoms with Crippen LogP contribution in [0.1, 0.15) is 34.9 Å². The first-order valence-corrected chi connectivity index (χ1v) is 8.72. The molecule has 0 N–H and O–H groups in total. The minimum atomic E-state index is 0.163. The van der Waals surface area contributed by atoms with Crippen LogP contribution < -0.4 is 0 Å². The summed E-state index contributed by atoms with van der Waals surface area (Å²) < 4.78 is 0. The summed E-state index contributed by atoms with van der Waals surface area (Å²) in [6.45, 7) is 0. The van der Waals surface area contributed by atoms with Gasteiger partial charge in [-0.1, -0.05) is 91.0 Å². The summed E-state index contributed by atoms with van der Waals surface area (Å²) in [4.78, 5) is 12.5. The molecule has 4 rings (SSSR count). The number of carbonyl (C=O) groups is 1. The molecule has 0 saturated heterocycles. The van der Waals surface area contributed by atoms with Gasteiger partial charge in [-0.15, -0.1) is 0 Å². The predicted octanol–water partition coefficient (Wildman–Crippen LogP) is 5.61. The molecular formula is C24H20O. The molecule has 1 nitrogen and oxygen atoms in total. The molecule has 0 spiro atoms. The highest BCUT2D eigenvalue weighted by molar-refractivity contribution is 6.01. The van der Waals surface area contributed by atoms with Crippen LogP contribution in [0.15, 0.2) is 97.1 Å². The quantitative estimate of drug-likeness (QED) is 0.612. The van der Waals surface area contributed by atoms with Gasteiger partial charge in [0.25, 0.3) is 0 Å². The Hall–Kier alpha value is -2.93. The van der Waals surface area contributed by atoms with Crippen LogP contribution in [0.5, 0.6) is 0 Å². The van der Waals surface area contributed by atoms with Gasteiger partial charge in [0.05, 0.1) is 0 Å². The smallest absolute Gasteiger partial charge is 0.156 e. The Morgan fingerprint density at radius 3 is 1.76 bits per heavy atom. The first kappa shape index (κ1) is 15.6. The maximum absolute atomic E-state index is 12.5. The van der Waals surface area contributed by atoms with Crippen molar-refractivity contribution in [1.29, 1.82) is 0 Å². The molecule has 0 aliphatic heterocycles. The zero-order chi connectivity index (χ0) is 17.1. The Kier molecular flexibility index (Phi) is 4.30. The molecule has 0 radical (unpaired) electrons. The van der Waals surface area contributed by atoms with E-state index >= 15 is 0 Å². The SMILES string of the molecule is O=C1C=C(c2ccccc2)[C@H](c2ccccc2)[C@H](c2ccccc2)C1. The van der Waals surface area contributed by atoms with E-state index in [1.807, 2.05) is 36.4 Å². The van der Waals surface area contributed by atoms with Crippen molar-refractivity contribution in [1.82, 2.24) is 0 Å². The Morgan fingerprint density at radius 2 is 1.16 bits per heavy atom. The maximum Gasteiger partial charge on any atom is 0.156 e. The molecule has 3 aromatic carbocycles. The van der Waals surface area contributed by atoms with Crippen molar-refractivity contribution in [2.45, 2.75) is 18.3 Å². The lowest BCUT2D eigenvalue weighted by molar-refractivity contribution is -0.115. The molecule has 0 unspecified atom stereocenters. The normalized spacial score (nSPS) is 20.2. The van der Waals surface area contributed by atoms with E-state index in [9.17, 15) is 4.79 Å². The largest absolute Gasteiger partial charge is 0.295 e. The fraction of sp³-hybridized carbons (Fsp3) is 0.125. The summed E-state index contributed by atoms with van der Waals surface area (Å²) in [7, 11) is 0. The molecule has 0 bridgehead atoms. The van der Waals surface area contributed by atoms with E-state index in [1.54, 1.807) is 0 Å².